The molecule has 2 aromatic rings. The van der Waals surface area contributed by atoms with Crippen molar-refractivity contribution in [2.75, 3.05) is 6.54 Å². The zero-order chi connectivity index (χ0) is 15.9. The Bertz CT molecular complexity index is 812. The molecule has 0 spiro atoms. The highest BCUT2D eigenvalue weighted by Gasteiger charge is 2.34. The molecule has 1 atom stereocenters. The van der Waals surface area contributed by atoms with Crippen molar-refractivity contribution in [3.63, 3.8) is 0 Å². The van der Waals surface area contributed by atoms with Crippen LogP contribution in [-0.2, 0) is 16.4 Å². The highest BCUT2D eigenvalue weighted by atomic mass is 32.2. The molecule has 0 amide bonds. The number of thiophene rings is 1. The van der Waals surface area contributed by atoms with Crippen LogP contribution in [0.25, 0.3) is 0 Å². The summed E-state index contributed by atoms with van der Waals surface area (Å²) in [6, 6.07) is 6.76. The molecule has 1 aliphatic rings. The second-order valence-electron chi connectivity index (χ2n) is 5.09. The van der Waals surface area contributed by atoms with Crippen molar-refractivity contribution in [3.05, 3.63) is 56.3 Å². The number of benzene rings is 1. The van der Waals surface area contributed by atoms with E-state index in [1.165, 1.54) is 33.4 Å². The van der Waals surface area contributed by atoms with E-state index < -0.39 is 14.9 Å². The van der Waals surface area contributed by atoms with Crippen LogP contribution in [0.3, 0.4) is 0 Å². The topological polar surface area (TPSA) is 80.5 Å². The lowest BCUT2D eigenvalue weighted by atomic mass is 10.0. The van der Waals surface area contributed by atoms with Gasteiger partial charge in [-0.1, -0.05) is 0 Å². The molecule has 0 fully saturated rings. The Balaban J connectivity index is 1.95. The standard InChI is InChI=1S/C14H14N2O4S2/c1-10-13-7-9-21-14(13)6-8-15(10)22(19,20)12-4-2-11(3-5-12)16(17)18/h2-5,7,9-10H,6,8H2,1H3/t10-/m1/s1. The fourth-order valence-electron chi connectivity index (χ4n) is 2.69. The predicted molar refractivity (Wildman–Crippen MR) is 83.4 cm³/mol. The largest absolute Gasteiger partial charge is 0.269 e. The van der Waals surface area contributed by atoms with Gasteiger partial charge in [0.05, 0.1) is 9.82 Å². The van der Waals surface area contributed by atoms with Crippen LogP contribution in [0.2, 0.25) is 0 Å². The number of rotatable bonds is 3. The van der Waals surface area contributed by atoms with E-state index in [1.807, 2.05) is 18.4 Å². The molecule has 116 valence electrons. The van der Waals surface area contributed by atoms with Crippen LogP contribution < -0.4 is 0 Å². The fraction of sp³-hybridized carbons (Fsp3) is 0.286. The summed E-state index contributed by atoms with van der Waals surface area (Å²) in [6.45, 7) is 2.29. The first kappa shape index (κ1) is 15.1. The third-order valence-corrected chi connectivity index (χ3v) is 6.86. The number of sulfonamides is 1. The Morgan fingerprint density at radius 3 is 2.59 bits per heavy atom. The van der Waals surface area contributed by atoms with E-state index in [-0.39, 0.29) is 16.6 Å². The summed E-state index contributed by atoms with van der Waals surface area (Å²) in [7, 11) is -3.66. The average molecular weight is 338 g/mol. The summed E-state index contributed by atoms with van der Waals surface area (Å²) in [5.41, 5.74) is 0.924. The minimum atomic E-state index is -3.66. The van der Waals surface area contributed by atoms with E-state index in [0.29, 0.717) is 13.0 Å². The van der Waals surface area contributed by atoms with E-state index in [4.69, 9.17) is 0 Å². The molecule has 0 unspecified atom stereocenters. The van der Waals surface area contributed by atoms with Gasteiger partial charge in [0.25, 0.3) is 5.69 Å². The summed E-state index contributed by atoms with van der Waals surface area (Å²) >= 11 is 1.65. The lowest BCUT2D eigenvalue weighted by molar-refractivity contribution is -0.384. The first-order valence-electron chi connectivity index (χ1n) is 6.74. The summed E-state index contributed by atoms with van der Waals surface area (Å²) in [5.74, 6) is 0. The first-order chi connectivity index (χ1) is 10.4. The second kappa shape index (κ2) is 5.45. The van der Waals surface area contributed by atoms with Crippen molar-refractivity contribution < 1.29 is 13.3 Å². The molecule has 0 aliphatic carbocycles. The van der Waals surface area contributed by atoms with Gasteiger partial charge in [0.15, 0.2) is 0 Å². The third kappa shape index (κ3) is 2.43. The zero-order valence-corrected chi connectivity index (χ0v) is 13.4. The summed E-state index contributed by atoms with van der Waals surface area (Å²) in [5, 5.41) is 12.6. The van der Waals surface area contributed by atoms with Gasteiger partial charge < -0.3 is 0 Å². The van der Waals surface area contributed by atoms with Gasteiger partial charge >= 0.3 is 0 Å². The molecule has 1 aromatic heterocycles. The lowest BCUT2D eigenvalue weighted by Crippen LogP contribution is -2.38. The summed E-state index contributed by atoms with van der Waals surface area (Å²) in [4.78, 5) is 11.4. The van der Waals surface area contributed by atoms with Crippen LogP contribution in [0.1, 0.15) is 23.4 Å². The molecule has 22 heavy (non-hydrogen) atoms. The molecule has 2 heterocycles. The molecular weight excluding hydrogens is 324 g/mol. The number of hydrogen-bond acceptors (Lipinski definition) is 5. The van der Waals surface area contributed by atoms with E-state index >= 15 is 0 Å². The van der Waals surface area contributed by atoms with Crippen molar-refractivity contribution in [1.29, 1.82) is 0 Å². The van der Waals surface area contributed by atoms with Gasteiger partial charge in [-0.3, -0.25) is 10.1 Å². The summed E-state index contributed by atoms with van der Waals surface area (Å²) < 4.78 is 27.0. The smallest absolute Gasteiger partial charge is 0.258 e. The Hall–Kier alpha value is -1.77. The van der Waals surface area contributed by atoms with Crippen molar-refractivity contribution >= 4 is 27.0 Å². The van der Waals surface area contributed by atoms with Crippen LogP contribution >= 0.6 is 11.3 Å². The molecule has 0 bridgehead atoms. The molecule has 8 heteroatoms. The van der Waals surface area contributed by atoms with Gasteiger partial charge in [-0.15, -0.1) is 11.3 Å². The maximum Gasteiger partial charge on any atom is 0.269 e. The quantitative estimate of drug-likeness (QED) is 0.636. The molecule has 3 rings (SSSR count). The molecule has 6 nitrogen and oxygen atoms in total. The molecule has 0 radical (unpaired) electrons. The van der Waals surface area contributed by atoms with E-state index in [2.05, 4.69) is 0 Å². The van der Waals surface area contributed by atoms with Crippen molar-refractivity contribution in [2.24, 2.45) is 0 Å². The van der Waals surface area contributed by atoms with E-state index in [9.17, 15) is 18.5 Å². The normalized spacial score (nSPS) is 18.9. The van der Waals surface area contributed by atoms with E-state index in [0.717, 1.165) is 5.56 Å². The number of fused-ring (bicyclic) bond motifs is 1. The Kier molecular flexibility index (Phi) is 3.75. The third-order valence-electron chi connectivity index (χ3n) is 3.88. The predicted octanol–water partition coefficient (Wildman–Crippen LogP) is 2.96. The van der Waals surface area contributed by atoms with E-state index in [1.54, 1.807) is 11.3 Å². The first-order valence-corrected chi connectivity index (χ1v) is 9.06. The minimum absolute atomic E-state index is 0.0867. The number of hydrogen-bond donors (Lipinski definition) is 0. The monoisotopic (exact) mass is 338 g/mol. The maximum atomic E-state index is 12.8. The molecule has 0 saturated carbocycles. The molecule has 0 saturated heterocycles. The molecule has 0 N–H and O–H groups in total. The Morgan fingerprint density at radius 2 is 1.95 bits per heavy atom. The van der Waals surface area contributed by atoms with Gasteiger partial charge in [-0.05, 0) is 42.5 Å². The van der Waals surface area contributed by atoms with Gasteiger partial charge in [-0.25, -0.2) is 8.42 Å². The number of nitro benzene ring substituents is 1. The SMILES string of the molecule is C[C@@H]1c2ccsc2CCN1S(=O)(=O)c1ccc([N+](=O)[O-])cc1. The number of non-ortho nitro benzene ring substituents is 1. The minimum Gasteiger partial charge on any atom is -0.258 e. The number of nitro groups is 1. The Labute approximate surface area is 132 Å². The second-order valence-corrected chi connectivity index (χ2v) is 7.98. The van der Waals surface area contributed by atoms with Crippen LogP contribution in [0, 0.1) is 10.1 Å². The highest BCUT2D eigenvalue weighted by Crippen LogP contribution is 2.36. The van der Waals surface area contributed by atoms with Crippen LogP contribution in [-0.4, -0.2) is 24.2 Å². The van der Waals surface area contributed by atoms with Gasteiger partial charge in [0, 0.05) is 29.6 Å². The average Bonchev–Trinajstić information content (AvgIpc) is 2.97. The maximum absolute atomic E-state index is 12.8. The zero-order valence-electron chi connectivity index (χ0n) is 11.8. The van der Waals surface area contributed by atoms with Crippen LogP contribution in [0.15, 0.2) is 40.6 Å². The van der Waals surface area contributed by atoms with Gasteiger partial charge in [0.2, 0.25) is 10.0 Å². The van der Waals surface area contributed by atoms with Crippen LogP contribution in [0.5, 0.6) is 0 Å². The summed E-state index contributed by atoms with van der Waals surface area (Å²) in [6.07, 6.45) is 0.698. The van der Waals surface area contributed by atoms with Crippen LogP contribution in [0.4, 0.5) is 5.69 Å². The molecule has 1 aliphatic heterocycles. The van der Waals surface area contributed by atoms with Gasteiger partial charge in [0.1, 0.15) is 0 Å². The molecule has 1 aromatic carbocycles. The lowest BCUT2D eigenvalue weighted by Gasteiger charge is -2.32. The van der Waals surface area contributed by atoms with Crippen molar-refractivity contribution in [1.82, 2.24) is 4.31 Å². The van der Waals surface area contributed by atoms with Gasteiger partial charge in [-0.2, -0.15) is 4.31 Å². The Morgan fingerprint density at radius 1 is 1.27 bits per heavy atom. The molecular formula is C14H14N2O4S2. The fourth-order valence-corrected chi connectivity index (χ4v) is 5.27. The number of nitrogens with zero attached hydrogens (tertiary/aromatic N) is 2. The highest BCUT2D eigenvalue weighted by molar-refractivity contribution is 7.89. The van der Waals surface area contributed by atoms with Crippen molar-refractivity contribution in [2.45, 2.75) is 24.3 Å². The van der Waals surface area contributed by atoms with Crippen molar-refractivity contribution in [3.8, 4) is 0 Å².